The van der Waals surface area contributed by atoms with Crippen LogP contribution in [0.3, 0.4) is 0 Å². The SMILES string of the molecule is CCNC(=NCc1ccccc1CN1CCOCC1)N1CCN(C(C)C(F)(F)F)CC1.I. The predicted octanol–water partition coefficient (Wildman–Crippen LogP) is 3.17. The maximum atomic E-state index is 13.0. The highest BCUT2D eigenvalue weighted by Gasteiger charge is 2.41. The summed E-state index contributed by atoms with van der Waals surface area (Å²) in [7, 11) is 0. The molecule has 1 aromatic carbocycles. The van der Waals surface area contributed by atoms with Gasteiger partial charge in [-0.15, -0.1) is 24.0 Å². The molecule has 1 aromatic rings. The second-order valence-corrected chi connectivity index (χ2v) is 8.07. The van der Waals surface area contributed by atoms with Crippen LogP contribution in [0.5, 0.6) is 0 Å². The van der Waals surface area contributed by atoms with Crippen LogP contribution in [0.4, 0.5) is 13.2 Å². The maximum absolute atomic E-state index is 13.0. The van der Waals surface area contributed by atoms with Crippen LogP contribution in [-0.2, 0) is 17.8 Å². The summed E-state index contributed by atoms with van der Waals surface area (Å²) in [5, 5.41) is 3.31. The van der Waals surface area contributed by atoms with Gasteiger partial charge in [-0.25, -0.2) is 4.99 Å². The quantitative estimate of drug-likeness (QED) is 0.324. The molecule has 10 heteroatoms. The van der Waals surface area contributed by atoms with E-state index in [0.29, 0.717) is 39.3 Å². The first-order valence-electron chi connectivity index (χ1n) is 11.1. The van der Waals surface area contributed by atoms with E-state index in [2.05, 4.69) is 33.3 Å². The van der Waals surface area contributed by atoms with E-state index in [0.717, 1.165) is 38.8 Å². The van der Waals surface area contributed by atoms with E-state index in [-0.39, 0.29) is 24.0 Å². The van der Waals surface area contributed by atoms with Crippen LogP contribution in [0.25, 0.3) is 0 Å². The Morgan fingerprint density at radius 3 is 2.28 bits per heavy atom. The van der Waals surface area contributed by atoms with E-state index < -0.39 is 12.2 Å². The number of alkyl halides is 3. The summed E-state index contributed by atoms with van der Waals surface area (Å²) in [6, 6.07) is 6.91. The van der Waals surface area contributed by atoms with Gasteiger partial charge in [0.2, 0.25) is 0 Å². The molecule has 0 aromatic heterocycles. The van der Waals surface area contributed by atoms with Gasteiger partial charge in [-0.3, -0.25) is 9.80 Å². The van der Waals surface area contributed by atoms with Crippen molar-refractivity contribution in [2.45, 2.75) is 39.2 Å². The molecule has 0 amide bonds. The van der Waals surface area contributed by atoms with Crippen molar-refractivity contribution in [2.24, 2.45) is 4.99 Å². The molecule has 2 fully saturated rings. The molecule has 1 N–H and O–H groups in total. The summed E-state index contributed by atoms with van der Waals surface area (Å²) in [6.07, 6.45) is -4.19. The molecule has 32 heavy (non-hydrogen) atoms. The van der Waals surface area contributed by atoms with Crippen LogP contribution in [0.2, 0.25) is 0 Å². The number of rotatable bonds is 6. The molecule has 2 aliphatic rings. The van der Waals surface area contributed by atoms with Gasteiger partial charge in [0.1, 0.15) is 6.04 Å². The lowest BCUT2D eigenvalue weighted by atomic mass is 10.1. The van der Waals surface area contributed by atoms with Crippen molar-refractivity contribution in [3.63, 3.8) is 0 Å². The van der Waals surface area contributed by atoms with E-state index >= 15 is 0 Å². The normalized spacial score (nSPS) is 20.0. The Morgan fingerprint density at radius 2 is 1.69 bits per heavy atom. The average molecular weight is 569 g/mol. The van der Waals surface area contributed by atoms with Gasteiger partial charge in [0.05, 0.1) is 19.8 Å². The van der Waals surface area contributed by atoms with Crippen molar-refractivity contribution in [1.29, 1.82) is 0 Å². The maximum Gasteiger partial charge on any atom is 0.403 e. The Bertz CT molecular complexity index is 720. The third-order valence-corrected chi connectivity index (χ3v) is 5.99. The minimum Gasteiger partial charge on any atom is -0.379 e. The van der Waals surface area contributed by atoms with Gasteiger partial charge in [0.15, 0.2) is 5.96 Å². The number of halogens is 4. The summed E-state index contributed by atoms with van der Waals surface area (Å²) in [4.78, 5) is 10.8. The summed E-state index contributed by atoms with van der Waals surface area (Å²) < 4.78 is 44.5. The third-order valence-electron chi connectivity index (χ3n) is 5.99. The fraction of sp³-hybridized carbons (Fsp3) is 0.682. The average Bonchev–Trinajstić information content (AvgIpc) is 2.77. The Balaban J connectivity index is 0.00000363. The molecule has 1 unspecified atom stereocenters. The molecule has 2 heterocycles. The van der Waals surface area contributed by atoms with Crippen molar-refractivity contribution >= 4 is 29.9 Å². The lowest BCUT2D eigenvalue weighted by Crippen LogP contribution is -2.56. The molecule has 0 saturated carbocycles. The fourth-order valence-electron chi connectivity index (χ4n) is 3.98. The number of hydrogen-bond donors (Lipinski definition) is 1. The number of guanidine groups is 1. The number of piperazine rings is 1. The fourth-order valence-corrected chi connectivity index (χ4v) is 3.98. The van der Waals surface area contributed by atoms with Gasteiger partial charge in [-0.1, -0.05) is 24.3 Å². The van der Waals surface area contributed by atoms with Gasteiger partial charge in [-0.2, -0.15) is 13.2 Å². The summed E-state index contributed by atoms with van der Waals surface area (Å²) in [5.74, 6) is 0.767. The molecule has 0 bridgehead atoms. The largest absolute Gasteiger partial charge is 0.403 e. The van der Waals surface area contributed by atoms with Gasteiger partial charge in [0, 0.05) is 52.4 Å². The topological polar surface area (TPSA) is 43.3 Å². The number of ether oxygens (including phenoxy) is 1. The molecule has 1 atom stereocenters. The number of aliphatic imine (C=N–C) groups is 1. The summed E-state index contributed by atoms with van der Waals surface area (Å²) in [5.41, 5.74) is 2.43. The van der Waals surface area contributed by atoms with Crippen LogP contribution in [0.1, 0.15) is 25.0 Å². The van der Waals surface area contributed by atoms with Crippen LogP contribution >= 0.6 is 24.0 Å². The molecule has 0 spiro atoms. The highest BCUT2D eigenvalue weighted by Crippen LogP contribution is 2.25. The zero-order chi connectivity index (χ0) is 22.3. The molecule has 0 radical (unpaired) electrons. The van der Waals surface area contributed by atoms with Crippen molar-refractivity contribution in [1.82, 2.24) is 20.0 Å². The first kappa shape index (κ1) is 27.1. The minimum atomic E-state index is -4.19. The van der Waals surface area contributed by atoms with E-state index in [1.54, 1.807) is 0 Å². The van der Waals surface area contributed by atoms with Gasteiger partial charge >= 0.3 is 6.18 Å². The van der Waals surface area contributed by atoms with E-state index in [4.69, 9.17) is 9.73 Å². The van der Waals surface area contributed by atoms with Gasteiger partial charge in [0.25, 0.3) is 0 Å². The zero-order valence-corrected chi connectivity index (χ0v) is 21.2. The molecule has 3 rings (SSSR count). The monoisotopic (exact) mass is 569 g/mol. The lowest BCUT2D eigenvalue weighted by Gasteiger charge is -2.39. The second kappa shape index (κ2) is 13.0. The smallest absolute Gasteiger partial charge is 0.379 e. The molecule has 182 valence electrons. The molecule has 2 saturated heterocycles. The van der Waals surface area contributed by atoms with Crippen molar-refractivity contribution in [3.8, 4) is 0 Å². The van der Waals surface area contributed by atoms with E-state index in [9.17, 15) is 13.2 Å². The minimum absolute atomic E-state index is 0. The van der Waals surface area contributed by atoms with Crippen molar-refractivity contribution in [3.05, 3.63) is 35.4 Å². The Morgan fingerprint density at radius 1 is 1.06 bits per heavy atom. The number of benzene rings is 1. The number of hydrogen-bond acceptors (Lipinski definition) is 4. The third kappa shape index (κ3) is 7.74. The van der Waals surface area contributed by atoms with Crippen molar-refractivity contribution in [2.75, 3.05) is 59.0 Å². The first-order valence-corrected chi connectivity index (χ1v) is 11.1. The summed E-state index contributed by atoms with van der Waals surface area (Å²) >= 11 is 0. The zero-order valence-electron chi connectivity index (χ0n) is 18.9. The number of nitrogens with zero attached hydrogens (tertiary/aromatic N) is 4. The van der Waals surface area contributed by atoms with Crippen LogP contribution in [-0.4, -0.2) is 91.9 Å². The first-order chi connectivity index (χ1) is 14.9. The molecule has 6 nitrogen and oxygen atoms in total. The Labute approximate surface area is 206 Å². The standard InChI is InChI=1S/C22H34F3N5O.HI/c1-3-26-21(30-10-8-29(9-11-30)18(2)22(23,24)25)27-16-19-6-4-5-7-20(19)17-28-12-14-31-15-13-28;/h4-7,18H,3,8-17H2,1-2H3,(H,26,27);1H. The summed E-state index contributed by atoms with van der Waals surface area (Å²) in [6.45, 7) is 10.6. The van der Waals surface area contributed by atoms with E-state index in [1.807, 2.05) is 13.0 Å². The molecule has 0 aliphatic carbocycles. The van der Waals surface area contributed by atoms with Gasteiger partial charge < -0.3 is 15.0 Å². The molecular formula is C22H35F3IN5O. The van der Waals surface area contributed by atoms with Crippen LogP contribution in [0.15, 0.2) is 29.3 Å². The second-order valence-electron chi connectivity index (χ2n) is 8.07. The van der Waals surface area contributed by atoms with Gasteiger partial charge in [-0.05, 0) is 25.0 Å². The number of nitrogens with one attached hydrogen (secondary N) is 1. The van der Waals surface area contributed by atoms with E-state index in [1.165, 1.54) is 23.0 Å². The Kier molecular flexibility index (Phi) is 11.0. The lowest BCUT2D eigenvalue weighted by molar-refractivity contribution is -0.181. The molecule has 2 aliphatic heterocycles. The van der Waals surface area contributed by atoms with Crippen LogP contribution in [0, 0.1) is 0 Å². The van der Waals surface area contributed by atoms with Crippen molar-refractivity contribution < 1.29 is 17.9 Å². The highest BCUT2D eigenvalue weighted by atomic mass is 127. The molecular weight excluding hydrogens is 534 g/mol. The highest BCUT2D eigenvalue weighted by molar-refractivity contribution is 14.0. The number of morpholine rings is 1. The predicted molar refractivity (Wildman–Crippen MR) is 131 cm³/mol. The van der Waals surface area contributed by atoms with Crippen LogP contribution < -0.4 is 5.32 Å². The Hall–Kier alpha value is -1.11.